The maximum Gasteiger partial charge on any atom is 0.268 e. The van der Waals surface area contributed by atoms with Gasteiger partial charge in [0.1, 0.15) is 12.3 Å². The topological polar surface area (TPSA) is 59.1 Å². The molecular formula is C21H24N2O4S. The largest absolute Gasteiger partial charge is 0.479 e. The number of ether oxygens (including phenoxy) is 2. The fourth-order valence-corrected chi connectivity index (χ4v) is 4.36. The van der Waals surface area contributed by atoms with E-state index in [0.29, 0.717) is 24.5 Å². The lowest BCUT2D eigenvalue weighted by atomic mass is 10.1. The Labute approximate surface area is 168 Å². The van der Waals surface area contributed by atoms with Crippen LogP contribution in [0.4, 0.5) is 5.69 Å². The molecular weight excluding hydrogens is 376 g/mol. The van der Waals surface area contributed by atoms with Crippen molar-refractivity contribution in [3.8, 4) is 5.75 Å². The Morgan fingerprint density at radius 2 is 2.14 bits per heavy atom. The maximum absolute atomic E-state index is 13.2. The van der Waals surface area contributed by atoms with E-state index in [0.717, 1.165) is 24.3 Å². The van der Waals surface area contributed by atoms with Crippen LogP contribution in [0.3, 0.4) is 0 Å². The number of benzene rings is 1. The Morgan fingerprint density at radius 3 is 2.89 bits per heavy atom. The van der Waals surface area contributed by atoms with Gasteiger partial charge < -0.3 is 14.4 Å². The summed E-state index contributed by atoms with van der Waals surface area (Å²) in [5.74, 6) is 0.354. The van der Waals surface area contributed by atoms with Gasteiger partial charge in [0.05, 0.1) is 18.3 Å². The zero-order chi connectivity index (χ0) is 19.5. The third-order valence-corrected chi connectivity index (χ3v) is 5.96. The first-order chi connectivity index (χ1) is 13.6. The first kappa shape index (κ1) is 19.0. The number of rotatable bonds is 6. The van der Waals surface area contributed by atoms with E-state index in [2.05, 4.69) is 0 Å². The van der Waals surface area contributed by atoms with Crippen LogP contribution in [0.1, 0.15) is 24.6 Å². The molecule has 2 aromatic rings. The molecule has 1 fully saturated rings. The number of carbonyl (C=O) groups is 2. The number of fused-ring (bicyclic) bond motifs is 1. The molecule has 0 bridgehead atoms. The van der Waals surface area contributed by atoms with Crippen LogP contribution in [0.2, 0.25) is 0 Å². The zero-order valence-corrected chi connectivity index (χ0v) is 16.7. The number of carbonyl (C=O) groups excluding carboxylic acids is 2. The fourth-order valence-electron chi connectivity index (χ4n) is 3.64. The first-order valence-corrected chi connectivity index (χ1v) is 10.5. The van der Waals surface area contributed by atoms with Crippen LogP contribution in [0, 0.1) is 0 Å². The Hall–Kier alpha value is -2.38. The van der Waals surface area contributed by atoms with Gasteiger partial charge in [-0.25, -0.2) is 0 Å². The summed E-state index contributed by atoms with van der Waals surface area (Å²) in [5, 5.41) is 2.01. The number of para-hydroxylation sites is 2. The molecule has 1 aromatic heterocycles. The van der Waals surface area contributed by atoms with Gasteiger partial charge >= 0.3 is 0 Å². The number of nitrogens with zero attached hydrogens (tertiary/aromatic N) is 2. The average Bonchev–Trinajstić information content (AvgIpc) is 3.39. The second-order valence-corrected chi connectivity index (χ2v) is 8.17. The molecule has 0 spiro atoms. The van der Waals surface area contributed by atoms with Crippen LogP contribution in [-0.4, -0.2) is 48.6 Å². The van der Waals surface area contributed by atoms with Crippen molar-refractivity contribution in [1.29, 1.82) is 0 Å². The van der Waals surface area contributed by atoms with Gasteiger partial charge in [-0.15, -0.1) is 11.3 Å². The van der Waals surface area contributed by atoms with E-state index in [1.165, 1.54) is 0 Å². The lowest BCUT2D eigenvalue weighted by molar-refractivity contribution is -0.134. The predicted octanol–water partition coefficient (Wildman–Crippen LogP) is 3.07. The normalized spacial score (nSPS) is 21.3. The van der Waals surface area contributed by atoms with Gasteiger partial charge in [-0.2, -0.15) is 0 Å². The zero-order valence-electron chi connectivity index (χ0n) is 15.9. The van der Waals surface area contributed by atoms with Crippen LogP contribution in [-0.2, 0) is 20.9 Å². The number of hydrogen-bond donors (Lipinski definition) is 0. The highest BCUT2D eigenvalue weighted by molar-refractivity contribution is 7.09. The molecule has 2 aliphatic heterocycles. The van der Waals surface area contributed by atoms with Crippen molar-refractivity contribution in [2.45, 2.75) is 38.5 Å². The Morgan fingerprint density at radius 1 is 1.29 bits per heavy atom. The predicted molar refractivity (Wildman–Crippen MR) is 108 cm³/mol. The summed E-state index contributed by atoms with van der Waals surface area (Å²) in [6.45, 7) is 3.55. The van der Waals surface area contributed by atoms with E-state index in [1.54, 1.807) is 23.2 Å². The summed E-state index contributed by atoms with van der Waals surface area (Å²) < 4.78 is 11.4. The molecule has 1 aromatic carbocycles. The highest BCUT2D eigenvalue weighted by atomic mass is 32.1. The van der Waals surface area contributed by atoms with Gasteiger partial charge in [0.15, 0.2) is 6.10 Å². The van der Waals surface area contributed by atoms with Gasteiger partial charge in [-0.3, -0.25) is 14.5 Å². The summed E-state index contributed by atoms with van der Waals surface area (Å²) in [7, 11) is 0. The maximum atomic E-state index is 13.2. The van der Waals surface area contributed by atoms with Crippen LogP contribution in [0.5, 0.6) is 5.75 Å². The summed E-state index contributed by atoms with van der Waals surface area (Å²) in [4.78, 5) is 30.4. The van der Waals surface area contributed by atoms with E-state index in [9.17, 15) is 9.59 Å². The lowest BCUT2D eigenvalue weighted by Crippen LogP contribution is -2.50. The number of hydrogen-bond acceptors (Lipinski definition) is 5. The Bertz CT molecular complexity index is 833. The van der Waals surface area contributed by atoms with Crippen molar-refractivity contribution in [3.05, 3.63) is 46.7 Å². The third-order valence-electron chi connectivity index (χ3n) is 5.09. The van der Waals surface area contributed by atoms with Crippen LogP contribution in [0.15, 0.2) is 41.8 Å². The molecule has 0 N–H and O–H groups in total. The minimum Gasteiger partial charge on any atom is -0.479 e. The highest BCUT2D eigenvalue weighted by Crippen LogP contribution is 2.33. The monoisotopic (exact) mass is 400 g/mol. The van der Waals surface area contributed by atoms with Crippen molar-refractivity contribution in [2.24, 2.45) is 0 Å². The quantitative estimate of drug-likeness (QED) is 0.748. The van der Waals surface area contributed by atoms with Crippen molar-refractivity contribution in [2.75, 3.05) is 24.6 Å². The lowest BCUT2D eigenvalue weighted by Gasteiger charge is -2.34. The molecule has 7 heteroatoms. The molecule has 2 amide bonds. The van der Waals surface area contributed by atoms with Gasteiger partial charge in [0.25, 0.3) is 5.91 Å². The minimum absolute atomic E-state index is 0.00163. The van der Waals surface area contributed by atoms with Gasteiger partial charge in [-0.05, 0) is 43.3 Å². The Balaban J connectivity index is 1.53. The van der Waals surface area contributed by atoms with Gasteiger partial charge in [0.2, 0.25) is 5.91 Å². The van der Waals surface area contributed by atoms with Gasteiger partial charge in [0, 0.05) is 18.0 Å². The molecule has 2 unspecified atom stereocenters. The molecule has 3 heterocycles. The van der Waals surface area contributed by atoms with E-state index >= 15 is 0 Å². The first-order valence-electron chi connectivity index (χ1n) is 9.60. The molecule has 0 radical (unpaired) electrons. The number of thiophene rings is 1. The molecule has 1 saturated heterocycles. The van der Waals surface area contributed by atoms with Crippen LogP contribution < -0.4 is 9.64 Å². The Kier molecular flexibility index (Phi) is 5.64. The van der Waals surface area contributed by atoms with Crippen LogP contribution in [0.25, 0.3) is 0 Å². The molecule has 4 rings (SSSR count). The summed E-state index contributed by atoms with van der Waals surface area (Å²) in [6, 6.07) is 11.4. The second kappa shape index (κ2) is 8.32. The van der Waals surface area contributed by atoms with Crippen molar-refractivity contribution in [3.63, 3.8) is 0 Å². The summed E-state index contributed by atoms with van der Waals surface area (Å²) in [5.41, 5.74) is 0.645. The van der Waals surface area contributed by atoms with E-state index in [-0.39, 0.29) is 24.5 Å². The van der Waals surface area contributed by atoms with E-state index in [4.69, 9.17) is 9.47 Å². The second-order valence-electron chi connectivity index (χ2n) is 7.14. The van der Waals surface area contributed by atoms with E-state index in [1.807, 2.05) is 46.7 Å². The third kappa shape index (κ3) is 4.05. The molecule has 2 aliphatic rings. The molecule has 6 nitrogen and oxygen atoms in total. The molecule has 0 aliphatic carbocycles. The highest BCUT2D eigenvalue weighted by Gasteiger charge is 2.34. The van der Waals surface area contributed by atoms with Crippen molar-refractivity contribution in [1.82, 2.24) is 4.90 Å². The van der Waals surface area contributed by atoms with Crippen molar-refractivity contribution < 1.29 is 19.1 Å². The molecule has 148 valence electrons. The van der Waals surface area contributed by atoms with Crippen LogP contribution >= 0.6 is 11.3 Å². The smallest absolute Gasteiger partial charge is 0.268 e. The average molecular weight is 401 g/mol. The standard InChI is InChI=1S/C21H24N2O4S/c1-15-21(25)23(18-8-2-3-9-19(18)27-15)14-20(24)22(12-16-6-4-10-26-16)13-17-7-5-11-28-17/h2-3,5,7-9,11,15-16H,4,6,10,12-14H2,1H3. The van der Waals surface area contributed by atoms with E-state index < -0.39 is 6.10 Å². The number of amides is 2. The molecule has 2 atom stereocenters. The minimum atomic E-state index is -0.605. The number of anilines is 1. The molecule has 0 saturated carbocycles. The summed E-state index contributed by atoms with van der Waals surface area (Å²) >= 11 is 1.63. The van der Waals surface area contributed by atoms with Crippen molar-refractivity contribution >= 4 is 28.8 Å². The summed E-state index contributed by atoms with van der Waals surface area (Å²) in [6.07, 6.45) is 1.45. The molecule has 28 heavy (non-hydrogen) atoms. The van der Waals surface area contributed by atoms with Gasteiger partial charge in [-0.1, -0.05) is 18.2 Å². The SMILES string of the molecule is CC1Oc2ccccc2N(CC(=O)N(Cc2cccs2)CC2CCCO2)C1=O. The fraction of sp³-hybridized carbons (Fsp3) is 0.429.